The highest BCUT2D eigenvalue weighted by Crippen LogP contribution is 2.25. The summed E-state index contributed by atoms with van der Waals surface area (Å²) in [6.45, 7) is 7.45. The minimum Gasteiger partial charge on any atom is -0.329 e. The molecule has 0 atom stereocenters. The predicted octanol–water partition coefficient (Wildman–Crippen LogP) is 1.91. The Kier molecular flexibility index (Phi) is 4.36. The van der Waals surface area contributed by atoms with Crippen LogP contribution in [0, 0.1) is 20.8 Å². The Labute approximate surface area is 115 Å². The molecule has 0 unspecified atom stereocenters. The van der Waals surface area contributed by atoms with Crippen molar-refractivity contribution in [2.24, 2.45) is 5.73 Å². The molecule has 0 bridgehead atoms. The normalized spacial score (nSPS) is 11.1. The van der Waals surface area contributed by atoms with Gasteiger partial charge in [0.25, 0.3) is 0 Å². The van der Waals surface area contributed by atoms with Gasteiger partial charge in [-0.15, -0.1) is 21.5 Å². The lowest BCUT2D eigenvalue weighted by molar-refractivity contribution is 0.627. The summed E-state index contributed by atoms with van der Waals surface area (Å²) in [7, 11) is 0. The minimum absolute atomic E-state index is 0.599. The van der Waals surface area contributed by atoms with Gasteiger partial charge >= 0.3 is 0 Å². The van der Waals surface area contributed by atoms with Crippen molar-refractivity contribution in [2.45, 2.75) is 38.2 Å². The highest BCUT2D eigenvalue weighted by molar-refractivity contribution is 7.98. The van der Waals surface area contributed by atoms with Crippen molar-refractivity contribution in [2.75, 3.05) is 6.54 Å². The third-order valence-electron chi connectivity index (χ3n) is 2.65. The van der Waals surface area contributed by atoms with Crippen LogP contribution in [-0.4, -0.2) is 26.3 Å². The lowest BCUT2D eigenvalue weighted by atomic mass is 10.4. The van der Waals surface area contributed by atoms with Crippen LogP contribution in [0.1, 0.15) is 21.4 Å². The molecule has 2 rings (SSSR count). The van der Waals surface area contributed by atoms with E-state index in [9.17, 15) is 0 Å². The fourth-order valence-corrected chi connectivity index (χ4v) is 3.52. The van der Waals surface area contributed by atoms with Gasteiger partial charge in [0.05, 0.1) is 11.4 Å². The summed E-state index contributed by atoms with van der Waals surface area (Å²) in [6.07, 6.45) is 0. The Morgan fingerprint density at radius 1 is 1.28 bits per heavy atom. The topological polar surface area (TPSA) is 69.6 Å². The summed E-state index contributed by atoms with van der Waals surface area (Å²) in [6, 6.07) is 0. The van der Waals surface area contributed by atoms with E-state index in [2.05, 4.69) is 26.7 Å². The van der Waals surface area contributed by atoms with E-state index in [4.69, 9.17) is 5.73 Å². The summed E-state index contributed by atoms with van der Waals surface area (Å²) in [5, 5.41) is 10.3. The van der Waals surface area contributed by atoms with Crippen LogP contribution in [0.2, 0.25) is 0 Å². The molecular weight excluding hydrogens is 266 g/mol. The second-order valence-corrected chi connectivity index (χ2v) is 6.24. The van der Waals surface area contributed by atoms with Gasteiger partial charge in [0.2, 0.25) is 0 Å². The molecule has 5 nitrogen and oxygen atoms in total. The monoisotopic (exact) mass is 283 g/mol. The molecule has 0 saturated carbocycles. The van der Waals surface area contributed by atoms with Crippen LogP contribution in [-0.2, 0) is 12.3 Å². The fourth-order valence-electron chi connectivity index (χ4n) is 1.58. The fraction of sp³-hybridized carbons (Fsp3) is 0.545. The largest absolute Gasteiger partial charge is 0.329 e. The van der Waals surface area contributed by atoms with E-state index in [1.54, 1.807) is 23.1 Å². The number of aryl methyl sites for hydroxylation is 3. The first-order valence-electron chi connectivity index (χ1n) is 5.77. The number of rotatable bonds is 5. The van der Waals surface area contributed by atoms with Gasteiger partial charge in [-0.1, -0.05) is 11.8 Å². The van der Waals surface area contributed by atoms with Gasteiger partial charge in [-0.25, -0.2) is 4.98 Å². The Morgan fingerprint density at radius 2 is 2.06 bits per heavy atom. The Balaban J connectivity index is 2.06. The van der Waals surface area contributed by atoms with Crippen molar-refractivity contribution in [1.82, 2.24) is 19.7 Å². The minimum atomic E-state index is 0.599. The molecule has 7 heteroatoms. The molecule has 0 amide bonds. The molecule has 0 aliphatic carbocycles. The Morgan fingerprint density at radius 3 is 2.67 bits per heavy atom. The van der Waals surface area contributed by atoms with Gasteiger partial charge < -0.3 is 10.3 Å². The van der Waals surface area contributed by atoms with E-state index >= 15 is 0 Å². The summed E-state index contributed by atoms with van der Waals surface area (Å²) >= 11 is 3.41. The van der Waals surface area contributed by atoms with Crippen LogP contribution >= 0.6 is 23.1 Å². The number of nitrogens with two attached hydrogens (primary N) is 1. The Bertz CT molecular complexity index is 512. The smallest absolute Gasteiger partial charge is 0.191 e. The van der Waals surface area contributed by atoms with Crippen molar-refractivity contribution < 1.29 is 0 Å². The zero-order valence-corrected chi connectivity index (χ0v) is 12.4. The first kappa shape index (κ1) is 13.5. The quantitative estimate of drug-likeness (QED) is 0.849. The molecule has 2 N–H and O–H groups in total. The molecule has 0 aromatic carbocycles. The molecular formula is C11H17N5S2. The molecule has 2 heterocycles. The lowest BCUT2D eigenvalue weighted by Crippen LogP contribution is -2.12. The maximum atomic E-state index is 5.59. The van der Waals surface area contributed by atoms with Crippen LogP contribution in [0.3, 0.4) is 0 Å². The molecule has 0 spiro atoms. The summed E-state index contributed by atoms with van der Waals surface area (Å²) in [5.41, 5.74) is 6.71. The number of aromatic nitrogens is 4. The molecule has 0 radical (unpaired) electrons. The number of thioether (sulfide) groups is 1. The van der Waals surface area contributed by atoms with E-state index in [1.165, 1.54) is 4.88 Å². The van der Waals surface area contributed by atoms with Crippen LogP contribution in [0.25, 0.3) is 0 Å². The summed E-state index contributed by atoms with van der Waals surface area (Å²) < 4.78 is 2.05. The summed E-state index contributed by atoms with van der Waals surface area (Å²) in [4.78, 5) is 5.81. The van der Waals surface area contributed by atoms with Crippen LogP contribution < -0.4 is 5.73 Å². The average molecular weight is 283 g/mol. The molecule has 2 aromatic rings. The second kappa shape index (κ2) is 5.81. The summed E-state index contributed by atoms with van der Waals surface area (Å²) in [5.74, 6) is 1.75. The van der Waals surface area contributed by atoms with Crippen LogP contribution in [0.4, 0.5) is 0 Å². The molecule has 0 fully saturated rings. The van der Waals surface area contributed by atoms with Gasteiger partial charge in [0, 0.05) is 18.0 Å². The predicted molar refractivity (Wildman–Crippen MR) is 75.0 cm³/mol. The maximum Gasteiger partial charge on any atom is 0.191 e. The number of hydrogen-bond donors (Lipinski definition) is 1. The third-order valence-corrected chi connectivity index (χ3v) is 4.89. The molecule has 0 aliphatic rings. The molecule has 98 valence electrons. The van der Waals surface area contributed by atoms with E-state index in [0.29, 0.717) is 6.54 Å². The van der Waals surface area contributed by atoms with Crippen molar-refractivity contribution in [1.29, 1.82) is 0 Å². The maximum absolute atomic E-state index is 5.59. The zero-order valence-electron chi connectivity index (χ0n) is 10.8. The van der Waals surface area contributed by atoms with Crippen LogP contribution in [0.5, 0.6) is 0 Å². The van der Waals surface area contributed by atoms with Gasteiger partial charge in [0.1, 0.15) is 10.8 Å². The first-order chi connectivity index (χ1) is 8.61. The molecule has 0 aliphatic heterocycles. The van der Waals surface area contributed by atoms with Crippen molar-refractivity contribution in [3.05, 3.63) is 21.4 Å². The van der Waals surface area contributed by atoms with E-state index in [-0.39, 0.29) is 0 Å². The zero-order chi connectivity index (χ0) is 13.1. The van der Waals surface area contributed by atoms with Crippen molar-refractivity contribution >= 4 is 23.1 Å². The number of hydrogen-bond acceptors (Lipinski definition) is 6. The Hall–Kier alpha value is -0.920. The number of thiazole rings is 1. The first-order valence-corrected chi connectivity index (χ1v) is 7.57. The highest BCUT2D eigenvalue weighted by Gasteiger charge is 2.10. The highest BCUT2D eigenvalue weighted by atomic mass is 32.2. The number of nitrogens with zero attached hydrogens (tertiary/aromatic N) is 4. The molecule has 18 heavy (non-hydrogen) atoms. The van der Waals surface area contributed by atoms with Crippen LogP contribution in [0.15, 0.2) is 5.16 Å². The van der Waals surface area contributed by atoms with Gasteiger partial charge in [-0.3, -0.25) is 0 Å². The van der Waals surface area contributed by atoms with E-state index in [1.807, 2.05) is 13.8 Å². The van der Waals surface area contributed by atoms with E-state index < -0.39 is 0 Å². The van der Waals surface area contributed by atoms with Crippen molar-refractivity contribution in [3.63, 3.8) is 0 Å². The molecule has 0 saturated heterocycles. The van der Waals surface area contributed by atoms with Gasteiger partial charge in [0.15, 0.2) is 5.16 Å². The van der Waals surface area contributed by atoms with Gasteiger partial charge in [-0.2, -0.15) is 0 Å². The second-order valence-electron chi connectivity index (χ2n) is 4.01. The average Bonchev–Trinajstić information content (AvgIpc) is 2.83. The lowest BCUT2D eigenvalue weighted by Gasteiger charge is -2.05. The van der Waals surface area contributed by atoms with Crippen molar-refractivity contribution in [3.8, 4) is 0 Å². The van der Waals surface area contributed by atoms with E-state index in [0.717, 1.165) is 34.0 Å². The molecule has 2 aromatic heterocycles. The SMILES string of the molecule is Cc1nc(CSc2nnc(C)n2CCN)sc1C. The third kappa shape index (κ3) is 2.90. The standard InChI is InChI=1S/C11H17N5S2/c1-7-8(2)18-10(13-7)6-17-11-15-14-9(3)16(11)5-4-12/h4-6,12H2,1-3H3. The van der Waals surface area contributed by atoms with Gasteiger partial charge in [-0.05, 0) is 20.8 Å².